The van der Waals surface area contributed by atoms with E-state index in [1.54, 1.807) is 41.7 Å². The maximum Gasteiger partial charge on any atom is 0.295 e. The fourth-order valence-corrected chi connectivity index (χ4v) is 9.53. The first-order chi connectivity index (χ1) is 27.2. The highest BCUT2D eigenvalue weighted by Gasteiger charge is 2.25. The largest absolute Gasteiger partial charge is 0.456 e. The molecule has 0 aromatic heterocycles. The van der Waals surface area contributed by atoms with Crippen LogP contribution in [0.2, 0.25) is 0 Å². The van der Waals surface area contributed by atoms with Gasteiger partial charge in [0.05, 0.1) is 11.9 Å². The van der Waals surface area contributed by atoms with Crippen molar-refractivity contribution in [1.82, 2.24) is 4.58 Å². The van der Waals surface area contributed by atoms with Crippen molar-refractivity contribution in [3.05, 3.63) is 186 Å². The Morgan fingerprint density at radius 1 is 0.643 bits per heavy atom. The Balaban J connectivity index is 1.37. The molecular formula is C47H39N2O4S3+. The van der Waals surface area contributed by atoms with E-state index in [1.807, 2.05) is 84.9 Å². The number of hydrogen-bond donors (Lipinski definition) is 1. The van der Waals surface area contributed by atoms with Crippen LogP contribution in [0.3, 0.4) is 0 Å². The number of nitrogens with zero attached hydrogens (tertiary/aromatic N) is 2. The second-order valence-electron chi connectivity index (χ2n) is 13.4. The summed E-state index contributed by atoms with van der Waals surface area (Å²) in [7, 11) is -4.56. The lowest BCUT2D eigenvalue weighted by molar-refractivity contribution is 0.483. The predicted molar refractivity (Wildman–Crippen MR) is 232 cm³/mol. The SMILES string of the molecule is Cc1ccccc1N(CSc1ccccc1)c1ccc2c(-c3ccccc3S(=O)(=O)O)c3cc/c(=[N+](/CSc4ccccc4)c4ccccc4C)cc-3oc2c1. The molecule has 6 aromatic carbocycles. The number of anilines is 2. The molecule has 9 heteroatoms. The molecule has 2 aliphatic rings. The Hall–Kier alpha value is -5.58. The molecule has 278 valence electrons. The van der Waals surface area contributed by atoms with E-state index in [4.69, 9.17) is 4.42 Å². The van der Waals surface area contributed by atoms with E-state index >= 15 is 0 Å². The lowest BCUT2D eigenvalue weighted by Crippen LogP contribution is -2.26. The highest BCUT2D eigenvalue weighted by molar-refractivity contribution is 7.99. The van der Waals surface area contributed by atoms with Gasteiger partial charge in [0.2, 0.25) is 11.0 Å². The molecule has 0 spiro atoms. The molecule has 56 heavy (non-hydrogen) atoms. The lowest BCUT2D eigenvalue weighted by atomic mass is 9.93. The average Bonchev–Trinajstić information content (AvgIpc) is 3.21. The van der Waals surface area contributed by atoms with Gasteiger partial charge in [-0.05, 0) is 74.0 Å². The summed E-state index contributed by atoms with van der Waals surface area (Å²) in [6.45, 7) is 4.22. The van der Waals surface area contributed by atoms with Crippen molar-refractivity contribution < 1.29 is 17.4 Å². The third-order valence-electron chi connectivity index (χ3n) is 9.77. The van der Waals surface area contributed by atoms with E-state index in [2.05, 4.69) is 84.0 Å². The quantitative estimate of drug-likeness (QED) is 0.0460. The minimum Gasteiger partial charge on any atom is -0.456 e. The second kappa shape index (κ2) is 16.3. The number of rotatable bonds is 11. The van der Waals surface area contributed by atoms with Crippen LogP contribution in [0.1, 0.15) is 11.1 Å². The van der Waals surface area contributed by atoms with E-state index in [0.717, 1.165) is 54.3 Å². The molecule has 0 amide bonds. The fourth-order valence-electron chi connectivity index (χ4n) is 7.00. The number of fused-ring (bicyclic) bond motifs is 2. The number of benzene rings is 7. The minimum atomic E-state index is -4.56. The average molecular weight is 792 g/mol. The topological polar surface area (TPSA) is 73.8 Å². The standard InChI is InChI=1S/C47H38N2O4S3/c1-33-15-9-12-22-42(33)48(31-54-37-17-5-3-6-18-37)35-25-27-39-44(29-35)53-45-30-36(26-28-40(45)47(39)41-21-11-14-24-46(41)56(50,51)52)49(43-23-13-10-16-34(43)2)32-55-38-19-7-4-8-20-38/h3-30H,31-32H2,1-2H3/p+1. The molecule has 1 aliphatic carbocycles. The first-order valence-corrected chi connectivity index (χ1v) is 21.6. The number of para-hydroxylation sites is 2. The lowest BCUT2D eigenvalue weighted by Gasteiger charge is -2.27. The fraction of sp³-hybridized carbons (Fsp3) is 0.0851. The van der Waals surface area contributed by atoms with Gasteiger partial charge in [0.15, 0.2) is 5.88 Å². The Bertz CT molecular complexity index is 2820. The maximum absolute atomic E-state index is 12.9. The molecule has 0 saturated carbocycles. The molecule has 1 aliphatic heterocycles. The van der Waals surface area contributed by atoms with Crippen LogP contribution in [0, 0.1) is 13.8 Å². The Kier molecular flexibility index (Phi) is 10.8. The monoisotopic (exact) mass is 791 g/mol. The van der Waals surface area contributed by atoms with Crippen LogP contribution < -0.4 is 14.8 Å². The van der Waals surface area contributed by atoms with Crippen molar-refractivity contribution in [3.8, 4) is 22.5 Å². The second-order valence-corrected chi connectivity index (χ2v) is 16.8. The van der Waals surface area contributed by atoms with Gasteiger partial charge in [-0.25, -0.2) is 0 Å². The molecule has 1 heterocycles. The highest BCUT2D eigenvalue weighted by Crippen LogP contribution is 2.44. The van der Waals surface area contributed by atoms with Crippen molar-refractivity contribution in [1.29, 1.82) is 0 Å². The van der Waals surface area contributed by atoms with E-state index in [9.17, 15) is 13.0 Å². The summed E-state index contributed by atoms with van der Waals surface area (Å²) < 4.78 is 45.3. The maximum atomic E-state index is 12.9. The third kappa shape index (κ3) is 7.90. The summed E-state index contributed by atoms with van der Waals surface area (Å²) in [4.78, 5) is 4.42. The summed E-state index contributed by atoms with van der Waals surface area (Å²) in [6, 6.07) is 56.0. The Morgan fingerprint density at radius 3 is 2.00 bits per heavy atom. The third-order valence-corrected chi connectivity index (χ3v) is 12.7. The van der Waals surface area contributed by atoms with Crippen LogP contribution in [0.25, 0.3) is 33.4 Å². The van der Waals surface area contributed by atoms with Gasteiger partial charge in [-0.1, -0.05) is 103 Å². The van der Waals surface area contributed by atoms with Crippen LogP contribution in [-0.4, -0.2) is 24.7 Å². The minimum absolute atomic E-state index is 0.163. The zero-order valence-corrected chi connectivity index (χ0v) is 33.3. The predicted octanol–water partition coefficient (Wildman–Crippen LogP) is 11.8. The van der Waals surface area contributed by atoms with Crippen LogP contribution in [0.4, 0.5) is 17.1 Å². The number of thioether (sulfide) groups is 2. The molecule has 1 N–H and O–H groups in total. The molecular weight excluding hydrogens is 753 g/mol. The highest BCUT2D eigenvalue weighted by atomic mass is 32.2. The van der Waals surface area contributed by atoms with Gasteiger partial charge < -0.3 is 9.32 Å². The molecule has 8 rings (SSSR count). The van der Waals surface area contributed by atoms with Gasteiger partial charge in [0.25, 0.3) is 10.1 Å². The first kappa shape index (κ1) is 37.3. The summed E-state index contributed by atoms with van der Waals surface area (Å²) in [6.07, 6.45) is 0. The van der Waals surface area contributed by atoms with Gasteiger partial charge >= 0.3 is 0 Å². The van der Waals surface area contributed by atoms with Gasteiger partial charge in [0.1, 0.15) is 16.2 Å². The molecule has 0 saturated heterocycles. The van der Waals surface area contributed by atoms with Gasteiger partial charge in [-0.15, -0.1) is 11.8 Å². The van der Waals surface area contributed by atoms with Gasteiger partial charge in [-0.3, -0.25) is 4.55 Å². The van der Waals surface area contributed by atoms with E-state index in [1.165, 1.54) is 6.07 Å². The molecule has 6 nitrogen and oxygen atoms in total. The zero-order chi connectivity index (χ0) is 38.6. The molecule has 0 bridgehead atoms. The summed E-state index contributed by atoms with van der Waals surface area (Å²) >= 11 is 3.48. The van der Waals surface area contributed by atoms with Crippen LogP contribution in [0.5, 0.6) is 0 Å². The van der Waals surface area contributed by atoms with Gasteiger partial charge in [-0.2, -0.15) is 13.0 Å². The summed E-state index contributed by atoms with van der Waals surface area (Å²) in [5, 5.41) is 1.64. The molecule has 0 radical (unpaired) electrons. The summed E-state index contributed by atoms with van der Waals surface area (Å²) in [5.74, 6) is 1.86. The normalized spacial score (nSPS) is 12.2. The number of aryl methyl sites for hydroxylation is 2. The molecule has 6 aromatic rings. The van der Waals surface area contributed by atoms with Crippen LogP contribution >= 0.6 is 23.5 Å². The van der Waals surface area contributed by atoms with Crippen molar-refractivity contribution in [2.45, 2.75) is 28.5 Å². The smallest absolute Gasteiger partial charge is 0.295 e. The summed E-state index contributed by atoms with van der Waals surface area (Å²) in [5.41, 5.74) is 7.69. The van der Waals surface area contributed by atoms with Crippen molar-refractivity contribution in [2.24, 2.45) is 0 Å². The van der Waals surface area contributed by atoms with Crippen molar-refractivity contribution in [2.75, 3.05) is 16.7 Å². The molecule has 0 atom stereocenters. The van der Waals surface area contributed by atoms with Crippen LogP contribution in [0.15, 0.2) is 189 Å². The van der Waals surface area contributed by atoms with Crippen LogP contribution in [-0.2, 0) is 10.1 Å². The van der Waals surface area contributed by atoms with Crippen molar-refractivity contribution >= 4 is 61.7 Å². The van der Waals surface area contributed by atoms with Crippen molar-refractivity contribution in [3.63, 3.8) is 0 Å². The first-order valence-electron chi connectivity index (χ1n) is 18.2. The zero-order valence-electron chi connectivity index (χ0n) is 30.9. The van der Waals surface area contributed by atoms with Gasteiger partial charge in [0, 0.05) is 67.0 Å². The molecule has 0 unspecified atom stereocenters. The molecule has 0 fully saturated rings. The number of hydrogen-bond acceptors (Lipinski definition) is 6. The Labute approximate surface area is 335 Å². The van der Waals surface area contributed by atoms with E-state index in [0.29, 0.717) is 34.2 Å². The Morgan fingerprint density at radius 2 is 1.29 bits per heavy atom. The van der Waals surface area contributed by atoms with E-state index in [-0.39, 0.29) is 4.90 Å². The van der Waals surface area contributed by atoms with E-state index < -0.39 is 10.1 Å².